The van der Waals surface area contributed by atoms with E-state index in [0.717, 1.165) is 46.4 Å². The number of hydrogen-bond acceptors (Lipinski definition) is 6. The van der Waals surface area contributed by atoms with Crippen LogP contribution in [0, 0.1) is 5.82 Å². The smallest absolute Gasteiger partial charge is 0.228 e. The summed E-state index contributed by atoms with van der Waals surface area (Å²) in [6.07, 6.45) is 4.09. The maximum absolute atomic E-state index is 13.0. The minimum atomic E-state index is -0.200. The van der Waals surface area contributed by atoms with Crippen molar-refractivity contribution in [3.05, 3.63) is 54.2 Å². The highest BCUT2D eigenvalue weighted by Crippen LogP contribution is 2.27. The van der Waals surface area contributed by atoms with Gasteiger partial charge in [-0.25, -0.2) is 4.39 Å². The quantitative estimate of drug-likeness (QED) is 0.406. The second kappa shape index (κ2) is 8.84. The third-order valence-electron chi connectivity index (χ3n) is 4.38. The van der Waals surface area contributed by atoms with Crippen molar-refractivity contribution in [3.63, 3.8) is 0 Å². The predicted molar refractivity (Wildman–Crippen MR) is 107 cm³/mol. The zero-order chi connectivity index (χ0) is 18.5. The van der Waals surface area contributed by atoms with Gasteiger partial charge in [0, 0.05) is 29.5 Å². The fourth-order valence-corrected chi connectivity index (χ4v) is 4.87. The van der Waals surface area contributed by atoms with Crippen LogP contribution in [0.25, 0.3) is 0 Å². The minimum Gasteiger partial charge on any atom is -0.467 e. The van der Waals surface area contributed by atoms with Crippen LogP contribution in [0.5, 0.6) is 0 Å². The SMILES string of the molecule is Fc1ccc(SCCSc2nnc(N3CCCC3)n2Cc2ccco2)cc1. The van der Waals surface area contributed by atoms with Crippen LogP contribution in [0.1, 0.15) is 18.6 Å². The van der Waals surface area contributed by atoms with E-state index < -0.39 is 0 Å². The van der Waals surface area contributed by atoms with Crippen molar-refractivity contribution < 1.29 is 8.81 Å². The molecule has 142 valence electrons. The molecule has 5 nitrogen and oxygen atoms in total. The summed E-state index contributed by atoms with van der Waals surface area (Å²) in [5, 5.41) is 9.79. The van der Waals surface area contributed by atoms with Gasteiger partial charge >= 0.3 is 0 Å². The lowest BCUT2D eigenvalue weighted by atomic mass is 10.4. The van der Waals surface area contributed by atoms with E-state index in [1.807, 2.05) is 24.3 Å². The van der Waals surface area contributed by atoms with Crippen LogP contribution in [-0.2, 0) is 6.54 Å². The number of furan rings is 1. The summed E-state index contributed by atoms with van der Waals surface area (Å²) >= 11 is 3.41. The van der Waals surface area contributed by atoms with Crippen LogP contribution in [0.15, 0.2) is 57.1 Å². The van der Waals surface area contributed by atoms with Gasteiger partial charge in [-0.2, -0.15) is 0 Å². The predicted octanol–water partition coefficient (Wildman–Crippen LogP) is 4.54. The maximum Gasteiger partial charge on any atom is 0.228 e. The van der Waals surface area contributed by atoms with Gasteiger partial charge in [-0.15, -0.1) is 22.0 Å². The molecule has 3 heterocycles. The van der Waals surface area contributed by atoms with Crippen LogP contribution in [0.2, 0.25) is 0 Å². The number of thioether (sulfide) groups is 2. The highest BCUT2D eigenvalue weighted by atomic mass is 32.2. The molecule has 3 aromatic rings. The summed E-state index contributed by atoms with van der Waals surface area (Å²) in [6.45, 7) is 2.70. The van der Waals surface area contributed by atoms with Crippen molar-refractivity contribution in [3.8, 4) is 0 Å². The van der Waals surface area contributed by atoms with E-state index in [-0.39, 0.29) is 5.82 Å². The highest BCUT2D eigenvalue weighted by molar-refractivity contribution is 8.02. The van der Waals surface area contributed by atoms with Crippen molar-refractivity contribution in [1.82, 2.24) is 14.8 Å². The first-order chi connectivity index (χ1) is 13.3. The Kier molecular flexibility index (Phi) is 6.03. The Morgan fingerprint density at radius 1 is 1.00 bits per heavy atom. The third-order valence-corrected chi connectivity index (χ3v) is 6.62. The lowest BCUT2D eigenvalue weighted by molar-refractivity contribution is 0.484. The molecular formula is C19H21FN4OS2. The monoisotopic (exact) mass is 404 g/mol. The van der Waals surface area contributed by atoms with E-state index in [0.29, 0.717) is 6.54 Å². The molecule has 0 N–H and O–H groups in total. The highest BCUT2D eigenvalue weighted by Gasteiger charge is 2.22. The molecule has 1 saturated heterocycles. The molecule has 27 heavy (non-hydrogen) atoms. The number of aromatic nitrogens is 3. The summed E-state index contributed by atoms with van der Waals surface area (Å²) in [6, 6.07) is 10.5. The zero-order valence-corrected chi connectivity index (χ0v) is 16.5. The van der Waals surface area contributed by atoms with Crippen molar-refractivity contribution in [2.75, 3.05) is 29.5 Å². The lowest BCUT2D eigenvalue weighted by Gasteiger charge is -2.17. The van der Waals surface area contributed by atoms with Crippen molar-refractivity contribution in [2.45, 2.75) is 29.4 Å². The first-order valence-electron chi connectivity index (χ1n) is 9.01. The summed E-state index contributed by atoms with van der Waals surface area (Å²) < 4.78 is 20.7. The fraction of sp³-hybridized carbons (Fsp3) is 0.368. The molecule has 8 heteroatoms. The number of anilines is 1. The van der Waals surface area contributed by atoms with Gasteiger partial charge in [0.05, 0.1) is 12.8 Å². The molecule has 0 aliphatic carbocycles. The molecule has 1 fully saturated rings. The molecular weight excluding hydrogens is 383 g/mol. The standard InChI is InChI=1S/C19H21FN4OS2/c20-15-5-7-17(8-6-15)26-12-13-27-19-22-21-18(23-9-1-2-10-23)24(19)14-16-4-3-11-25-16/h3-8,11H,1-2,9-10,12-14H2. The Balaban J connectivity index is 1.41. The van der Waals surface area contributed by atoms with Crippen LogP contribution in [0.4, 0.5) is 10.3 Å². The average Bonchev–Trinajstić information content (AvgIpc) is 3.43. The Bertz CT molecular complexity index is 845. The summed E-state index contributed by atoms with van der Waals surface area (Å²) in [5.41, 5.74) is 0. The normalized spacial score (nSPS) is 14.2. The number of halogens is 1. The van der Waals surface area contributed by atoms with E-state index in [2.05, 4.69) is 19.7 Å². The van der Waals surface area contributed by atoms with Crippen molar-refractivity contribution in [1.29, 1.82) is 0 Å². The third kappa shape index (κ3) is 4.68. The summed E-state index contributed by atoms with van der Waals surface area (Å²) in [7, 11) is 0. The molecule has 2 aromatic heterocycles. The van der Waals surface area contributed by atoms with Gasteiger partial charge in [0.15, 0.2) is 5.16 Å². The second-order valence-corrected chi connectivity index (χ2v) is 8.52. The molecule has 4 rings (SSSR count). The molecule has 0 amide bonds. The number of rotatable bonds is 8. The molecule has 0 radical (unpaired) electrons. The first kappa shape index (κ1) is 18.4. The van der Waals surface area contributed by atoms with Gasteiger partial charge in [-0.05, 0) is 49.2 Å². The molecule has 0 saturated carbocycles. The number of benzene rings is 1. The summed E-state index contributed by atoms with van der Waals surface area (Å²) in [5.74, 6) is 3.45. The second-order valence-electron chi connectivity index (χ2n) is 6.29. The van der Waals surface area contributed by atoms with Crippen LogP contribution in [-0.4, -0.2) is 39.4 Å². The van der Waals surface area contributed by atoms with Crippen molar-refractivity contribution in [2.24, 2.45) is 0 Å². The molecule has 1 aliphatic heterocycles. The molecule has 1 aromatic carbocycles. The maximum atomic E-state index is 13.0. The van der Waals surface area contributed by atoms with Crippen LogP contribution < -0.4 is 4.90 Å². The van der Waals surface area contributed by atoms with Gasteiger partial charge in [0.2, 0.25) is 5.95 Å². The minimum absolute atomic E-state index is 0.200. The molecule has 0 atom stereocenters. The zero-order valence-electron chi connectivity index (χ0n) is 14.9. The Hall–Kier alpha value is -1.93. The Morgan fingerprint density at radius 3 is 2.52 bits per heavy atom. The van der Waals surface area contributed by atoms with E-state index in [1.165, 1.54) is 25.0 Å². The number of nitrogens with zero attached hydrogens (tertiary/aromatic N) is 4. The van der Waals surface area contributed by atoms with E-state index >= 15 is 0 Å². The lowest BCUT2D eigenvalue weighted by Crippen LogP contribution is -2.22. The first-order valence-corrected chi connectivity index (χ1v) is 11.0. The summed E-state index contributed by atoms with van der Waals surface area (Å²) in [4.78, 5) is 3.37. The van der Waals surface area contributed by atoms with Crippen molar-refractivity contribution >= 4 is 29.5 Å². The topological polar surface area (TPSA) is 47.1 Å². The Morgan fingerprint density at radius 2 is 1.78 bits per heavy atom. The van der Waals surface area contributed by atoms with Gasteiger partial charge in [-0.1, -0.05) is 11.8 Å². The molecule has 1 aliphatic rings. The van der Waals surface area contributed by atoms with Crippen LogP contribution in [0.3, 0.4) is 0 Å². The van der Waals surface area contributed by atoms with Gasteiger partial charge in [0.25, 0.3) is 0 Å². The fourth-order valence-electron chi connectivity index (χ4n) is 3.06. The van der Waals surface area contributed by atoms with Crippen LogP contribution >= 0.6 is 23.5 Å². The van der Waals surface area contributed by atoms with Gasteiger partial charge in [0.1, 0.15) is 11.6 Å². The van der Waals surface area contributed by atoms with E-state index in [1.54, 1.807) is 29.8 Å². The molecule has 0 unspecified atom stereocenters. The van der Waals surface area contributed by atoms with E-state index in [4.69, 9.17) is 4.42 Å². The average molecular weight is 405 g/mol. The Labute approximate surface area is 166 Å². The van der Waals surface area contributed by atoms with Gasteiger partial charge in [-0.3, -0.25) is 4.57 Å². The molecule has 0 spiro atoms. The number of hydrogen-bond donors (Lipinski definition) is 0. The van der Waals surface area contributed by atoms with Gasteiger partial charge < -0.3 is 9.32 Å². The molecule has 0 bridgehead atoms. The van der Waals surface area contributed by atoms with E-state index in [9.17, 15) is 4.39 Å². The largest absolute Gasteiger partial charge is 0.467 e.